The molecular weight excluding hydrogens is 619 g/mol. The van der Waals surface area contributed by atoms with E-state index in [1.54, 1.807) is 13.8 Å². The Labute approximate surface area is 267 Å². The maximum Gasteiger partial charge on any atom is 0.317 e. The second-order valence-corrected chi connectivity index (χ2v) is 12.1. The molecule has 1 saturated heterocycles. The Morgan fingerprint density at radius 2 is 1.96 bits per heavy atom. The van der Waals surface area contributed by atoms with E-state index in [9.17, 15) is 18.3 Å². The number of rotatable bonds is 6. The molecule has 47 heavy (non-hydrogen) atoms. The number of likely N-dealkylation sites (tertiary alicyclic amines) is 1. The van der Waals surface area contributed by atoms with Crippen molar-refractivity contribution < 1.29 is 36.5 Å². The first kappa shape index (κ1) is 31.9. The Morgan fingerprint density at radius 3 is 2.70 bits per heavy atom. The summed E-state index contributed by atoms with van der Waals surface area (Å²) in [5, 5.41) is 10.6. The fourth-order valence-electron chi connectivity index (χ4n) is 6.33. The third-order valence-electron chi connectivity index (χ3n) is 8.59. The summed E-state index contributed by atoms with van der Waals surface area (Å²) in [4.78, 5) is 14.8. The van der Waals surface area contributed by atoms with E-state index in [2.05, 4.69) is 20.9 Å². The minimum absolute atomic E-state index is 0.00495. The Morgan fingerprint density at radius 1 is 1.17 bits per heavy atom. The number of aromatic hydroxyl groups is 1. The number of halogens is 5. The number of aliphatic imine (C=N–C) groups is 1. The van der Waals surface area contributed by atoms with Crippen LogP contribution in [0.4, 0.5) is 22.0 Å². The number of allylic oxidation sites excluding steroid dienone is 1. The average molecular weight is 649 g/mol. The van der Waals surface area contributed by atoms with E-state index in [0.29, 0.717) is 18.7 Å². The molecule has 6 rings (SSSR count). The standard InChI is InChI=1S/C35H29F5N4O3/c1-5-21-25(36)7-6-19-10-20(45)11-22(28(19)21)29-26(37)12-23-31(27-14-41-13-18(2)15-46-27)42-34(43-32(23)30(29)38)47-17-35(3)16-44(4)9-8-24(35)33(39)40/h1,6-7,10-15,24,33,45H,8-9,16-17H2,2-4H3/t24-,35+/m1/s1. The molecule has 1 aromatic heterocycles. The molecular formula is C35H29F5N4O3. The lowest BCUT2D eigenvalue weighted by Crippen LogP contribution is -2.51. The van der Waals surface area contributed by atoms with Gasteiger partial charge in [-0.2, -0.15) is 9.97 Å². The van der Waals surface area contributed by atoms with Gasteiger partial charge in [-0.15, -0.1) is 6.42 Å². The summed E-state index contributed by atoms with van der Waals surface area (Å²) in [5.41, 5.74) is -1.96. The summed E-state index contributed by atoms with van der Waals surface area (Å²) in [6, 6.07) is 5.42. The first-order chi connectivity index (χ1) is 22.4. The predicted molar refractivity (Wildman–Crippen MR) is 168 cm³/mol. The lowest BCUT2D eigenvalue weighted by atomic mass is 9.73. The molecule has 242 valence electrons. The topological polar surface area (TPSA) is 80.1 Å². The zero-order chi connectivity index (χ0) is 33.6. The number of terminal acetylenes is 1. The molecule has 12 heteroatoms. The molecule has 1 N–H and O–H groups in total. The highest BCUT2D eigenvalue weighted by Crippen LogP contribution is 2.42. The van der Waals surface area contributed by atoms with Crippen molar-refractivity contribution in [2.45, 2.75) is 26.7 Å². The molecule has 2 aliphatic rings. The van der Waals surface area contributed by atoms with E-state index >= 15 is 8.78 Å². The Hall–Kier alpha value is -5.02. The lowest BCUT2D eigenvalue weighted by Gasteiger charge is -2.44. The number of hydrogen-bond donors (Lipinski definition) is 1. The van der Waals surface area contributed by atoms with Crippen LogP contribution < -0.4 is 4.74 Å². The van der Waals surface area contributed by atoms with Gasteiger partial charge in [-0.25, -0.2) is 22.0 Å². The van der Waals surface area contributed by atoms with Crippen LogP contribution >= 0.6 is 0 Å². The summed E-state index contributed by atoms with van der Waals surface area (Å²) in [6.45, 7) is 3.98. The number of phenolic OH excluding ortho intramolecular Hbond substituents is 1. The Kier molecular flexibility index (Phi) is 8.36. The first-order valence-electron chi connectivity index (χ1n) is 14.7. The van der Waals surface area contributed by atoms with E-state index in [-0.39, 0.29) is 63.5 Å². The van der Waals surface area contributed by atoms with Crippen molar-refractivity contribution >= 4 is 33.6 Å². The van der Waals surface area contributed by atoms with Crippen molar-refractivity contribution in [3.05, 3.63) is 77.1 Å². The van der Waals surface area contributed by atoms with E-state index in [1.807, 2.05) is 11.9 Å². The van der Waals surface area contributed by atoms with E-state index in [4.69, 9.17) is 15.9 Å². The highest BCUT2D eigenvalue weighted by molar-refractivity contribution is 6.04. The SMILES string of the molecule is C#Cc1c(F)ccc2cc(O)cc(-c3c(F)cc4c(C5=CN=CC(C)=CO5)nc(OC[C@]5(C)CN(C)CC[C@@H]5C(F)F)nc4c3F)c12. The van der Waals surface area contributed by atoms with Crippen molar-refractivity contribution in [1.82, 2.24) is 14.9 Å². The highest BCUT2D eigenvalue weighted by atomic mass is 19.3. The molecule has 1 fully saturated rings. The second-order valence-electron chi connectivity index (χ2n) is 12.1. The zero-order valence-electron chi connectivity index (χ0n) is 25.6. The Balaban J connectivity index is 1.57. The second kappa shape index (κ2) is 12.3. The van der Waals surface area contributed by atoms with Gasteiger partial charge >= 0.3 is 6.01 Å². The molecule has 0 spiro atoms. The van der Waals surface area contributed by atoms with Gasteiger partial charge in [0.25, 0.3) is 0 Å². The van der Waals surface area contributed by atoms with Gasteiger partial charge in [-0.3, -0.25) is 4.99 Å². The number of fused-ring (bicyclic) bond motifs is 2. The van der Waals surface area contributed by atoms with Crippen LogP contribution in [0, 0.1) is 41.1 Å². The molecule has 0 amide bonds. The van der Waals surface area contributed by atoms with Crippen molar-refractivity contribution in [1.29, 1.82) is 0 Å². The Bertz CT molecular complexity index is 2050. The zero-order valence-corrected chi connectivity index (χ0v) is 25.6. The quantitative estimate of drug-likeness (QED) is 0.173. The van der Waals surface area contributed by atoms with Crippen LogP contribution in [0.1, 0.15) is 31.5 Å². The van der Waals surface area contributed by atoms with Crippen molar-refractivity contribution in [3.63, 3.8) is 0 Å². The van der Waals surface area contributed by atoms with Crippen LogP contribution in [-0.4, -0.2) is 59.4 Å². The number of benzene rings is 3. The first-order valence-corrected chi connectivity index (χ1v) is 14.7. The summed E-state index contributed by atoms with van der Waals surface area (Å²) in [5.74, 6) is -2.14. The molecule has 0 unspecified atom stereocenters. The van der Waals surface area contributed by atoms with Gasteiger partial charge in [0.1, 0.15) is 28.6 Å². The van der Waals surface area contributed by atoms with Gasteiger partial charge in [0.15, 0.2) is 11.6 Å². The molecule has 4 aromatic rings. The fourth-order valence-corrected chi connectivity index (χ4v) is 6.33. The lowest BCUT2D eigenvalue weighted by molar-refractivity contribution is -0.0679. The van der Waals surface area contributed by atoms with Crippen molar-refractivity contribution in [2.75, 3.05) is 26.7 Å². The maximum atomic E-state index is 16.7. The smallest absolute Gasteiger partial charge is 0.317 e. The van der Waals surface area contributed by atoms with Gasteiger partial charge in [-0.05, 0) is 56.6 Å². The van der Waals surface area contributed by atoms with Crippen LogP contribution in [0.5, 0.6) is 11.8 Å². The van der Waals surface area contributed by atoms with Crippen LogP contribution in [0.3, 0.4) is 0 Å². The van der Waals surface area contributed by atoms with E-state index in [0.717, 1.165) is 18.2 Å². The van der Waals surface area contributed by atoms with Gasteiger partial charge in [0, 0.05) is 46.0 Å². The normalized spacial score (nSPS) is 20.1. The molecule has 0 aliphatic carbocycles. The summed E-state index contributed by atoms with van der Waals surface area (Å²) >= 11 is 0. The van der Waals surface area contributed by atoms with Gasteiger partial charge in [-0.1, -0.05) is 18.9 Å². The minimum Gasteiger partial charge on any atom is -0.508 e. The molecule has 0 saturated carbocycles. The van der Waals surface area contributed by atoms with Crippen molar-refractivity contribution in [3.8, 4) is 35.2 Å². The number of phenols is 1. The maximum absolute atomic E-state index is 16.7. The van der Waals surface area contributed by atoms with Crippen LogP contribution in [0.15, 0.2) is 53.4 Å². The van der Waals surface area contributed by atoms with Crippen LogP contribution in [0.25, 0.3) is 38.6 Å². The number of piperidine rings is 1. The molecule has 0 bridgehead atoms. The molecule has 3 aromatic carbocycles. The van der Waals surface area contributed by atoms with Gasteiger partial charge < -0.3 is 19.5 Å². The molecule has 0 radical (unpaired) electrons. The summed E-state index contributed by atoms with van der Waals surface area (Å²) in [6.07, 6.45) is 7.43. The molecule has 2 atom stereocenters. The molecule has 7 nitrogen and oxygen atoms in total. The number of aromatic nitrogens is 2. The fraction of sp³-hybridized carbons (Fsp3) is 0.286. The number of nitrogens with zero attached hydrogens (tertiary/aromatic N) is 4. The molecule has 2 aliphatic heterocycles. The van der Waals surface area contributed by atoms with E-state index in [1.165, 1.54) is 30.8 Å². The third-order valence-corrected chi connectivity index (χ3v) is 8.59. The highest BCUT2D eigenvalue weighted by Gasteiger charge is 2.44. The van der Waals surface area contributed by atoms with E-state index < -0.39 is 46.3 Å². The largest absolute Gasteiger partial charge is 0.508 e. The summed E-state index contributed by atoms with van der Waals surface area (Å²) < 4.78 is 87.5. The number of ether oxygens (including phenoxy) is 2. The van der Waals surface area contributed by atoms with Gasteiger partial charge in [0.2, 0.25) is 6.43 Å². The monoisotopic (exact) mass is 648 g/mol. The average Bonchev–Trinajstić information content (AvgIpc) is 3.24. The summed E-state index contributed by atoms with van der Waals surface area (Å²) in [7, 11) is 1.82. The number of hydrogen-bond acceptors (Lipinski definition) is 7. The predicted octanol–water partition coefficient (Wildman–Crippen LogP) is 7.46. The van der Waals surface area contributed by atoms with Crippen LogP contribution in [0.2, 0.25) is 0 Å². The van der Waals surface area contributed by atoms with Gasteiger partial charge in [0.05, 0.1) is 30.2 Å². The molecule has 3 heterocycles. The number of alkyl halides is 2. The third kappa shape index (κ3) is 5.87. The van der Waals surface area contributed by atoms with Crippen LogP contribution in [-0.2, 0) is 4.74 Å². The van der Waals surface area contributed by atoms with Crippen molar-refractivity contribution in [2.24, 2.45) is 16.3 Å². The minimum atomic E-state index is -2.60.